The molecule has 0 aliphatic heterocycles. The molecule has 0 saturated heterocycles. The second-order valence-corrected chi connectivity index (χ2v) is 2.13. The van der Waals surface area contributed by atoms with Crippen molar-refractivity contribution < 1.29 is 10.0 Å². The maximum atomic E-state index is 9.81. The molecular weight excluding hydrogens is 122 g/mol. The number of hydrogen-bond acceptors (Lipinski definition) is 3. The second kappa shape index (κ2) is 4.26. The standard InChI is InChI=1S/C5H11NO3/c1-5(2-3-7)4-6(8)9/h5,7H,2-4H2,1H3. The minimum atomic E-state index is -0.361. The summed E-state index contributed by atoms with van der Waals surface area (Å²) in [6.07, 6.45) is 0.515. The normalized spacial score (nSPS) is 13.1. The summed E-state index contributed by atoms with van der Waals surface area (Å²) in [5, 5.41) is 18.1. The quantitative estimate of drug-likeness (QED) is 0.442. The van der Waals surface area contributed by atoms with Crippen molar-refractivity contribution in [3.8, 4) is 0 Å². The van der Waals surface area contributed by atoms with Crippen LogP contribution in [-0.4, -0.2) is 23.2 Å². The van der Waals surface area contributed by atoms with Crippen molar-refractivity contribution in [3.63, 3.8) is 0 Å². The van der Waals surface area contributed by atoms with E-state index in [9.17, 15) is 10.1 Å². The monoisotopic (exact) mass is 133 g/mol. The zero-order chi connectivity index (χ0) is 7.28. The lowest BCUT2D eigenvalue weighted by Crippen LogP contribution is -2.11. The Bertz CT molecular complexity index is 94.2. The Hall–Kier alpha value is -0.640. The van der Waals surface area contributed by atoms with E-state index in [4.69, 9.17) is 5.11 Å². The smallest absolute Gasteiger partial charge is 0.206 e. The van der Waals surface area contributed by atoms with E-state index in [0.29, 0.717) is 6.42 Å². The van der Waals surface area contributed by atoms with Crippen LogP contribution in [0.1, 0.15) is 13.3 Å². The SMILES string of the molecule is CC(CCO)C[N+](=O)[O-]. The molecule has 0 aliphatic rings. The van der Waals surface area contributed by atoms with Gasteiger partial charge in [0.2, 0.25) is 6.54 Å². The highest BCUT2D eigenvalue weighted by molar-refractivity contribution is 4.47. The number of nitrogens with zero attached hydrogens (tertiary/aromatic N) is 1. The van der Waals surface area contributed by atoms with Crippen molar-refractivity contribution in [2.24, 2.45) is 5.92 Å². The Morgan fingerprint density at radius 2 is 2.33 bits per heavy atom. The maximum Gasteiger partial charge on any atom is 0.206 e. The van der Waals surface area contributed by atoms with Gasteiger partial charge in [-0.3, -0.25) is 10.1 Å². The molecule has 0 aromatic heterocycles. The third-order valence-corrected chi connectivity index (χ3v) is 1.08. The van der Waals surface area contributed by atoms with Gasteiger partial charge in [0.05, 0.1) is 0 Å². The Kier molecular flexibility index (Phi) is 3.96. The van der Waals surface area contributed by atoms with Gasteiger partial charge in [0.25, 0.3) is 0 Å². The Balaban J connectivity index is 3.26. The lowest BCUT2D eigenvalue weighted by molar-refractivity contribution is -0.487. The zero-order valence-corrected chi connectivity index (χ0v) is 5.41. The van der Waals surface area contributed by atoms with Crippen LogP contribution >= 0.6 is 0 Å². The van der Waals surface area contributed by atoms with Crippen LogP contribution in [0.4, 0.5) is 0 Å². The van der Waals surface area contributed by atoms with Crippen LogP contribution in [0, 0.1) is 16.0 Å². The van der Waals surface area contributed by atoms with Crippen molar-refractivity contribution >= 4 is 0 Å². The highest BCUT2D eigenvalue weighted by Crippen LogP contribution is 1.99. The molecule has 0 spiro atoms. The fourth-order valence-corrected chi connectivity index (χ4v) is 0.566. The molecule has 54 valence electrons. The molecule has 0 radical (unpaired) electrons. The average Bonchev–Trinajstić information content (AvgIpc) is 1.63. The molecule has 1 N–H and O–H groups in total. The van der Waals surface area contributed by atoms with E-state index in [1.54, 1.807) is 6.92 Å². The molecule has 0 fully saturated rings. The van der Waals surface area contributed by atoms with Gasteiger partial charge in [-0.15, -0.1) is 0 Å². The molecular formula is C5H11NO3. The predicted octanol–water partition coefficient (Wildman–Crippen LogP) is 0.282. The summed E-state index contributed by atoms with van der Waals surface area (Å²) >= 11 is 0. The van der Waals surface area contributed by atoms with Crippen molar-refractivity contribution in [3.05, 3.63) is 10.1 Å². The molecule has 0 rings (SSSR count). The highest BCUT2D eigenvalue weighted by atomic mass is 16.6. The first kappa shape index (κ1) is 8.36. The van der Waals surface area contributed by atoms with E-state index in [2.05, 4.69) is 0 Å². The molecule has 0 bridgehead atoms. The van der Waals surface area contributed by atoms with Crippen LogP contribution < -0.4 is 0 Å². The van der Waals surface area contributed by atoms with Crippen molar-refractivity contribution in [1.29, 1.82) is 0 Å². The molecule has 0 aliphatic carbocycles. The lowest BCUT2D eigenvalue weighted by atomic mass is 10.1. The van der Waals surface area contributed by atoms with Crippen molar-refractivity contribution in [1.82, 2.24) is 0 Å². The zero-order valence-electron chi connectivity index (χ0n) is 5.41. The van der Waals surface area contributed by atoms with Gasteiger partial charge < -0.3 is 5.11 Å². The summed E-state index contributed by atoms with van der Waals surface area (Å²) < 4.78 is 0. The summed E-state index contributed by atoms with van der Waals surface area (Å²) in [5.74, 6) is -0.00926. The van der Waals surface area contributed by atoms with Crippen LogP contribution in [0.5, 0.6) is 0 Å². The van der Waals surface area contributed by atoms with E-state index in [0.717, 1.165) is 0 Å². The summed E-state index contributed by atoms with van der Waals surface area (Å²) in [4.78, 5) is 9.45. The van der Waals surface area contributed by atoms with Crippen LogP contribution in [0.2, 0.25) is 0 Å². The average molecular weight is 133 g/mol. The first-order chi connectivity index (χ1) is 4.16. The number of aliphatic hydroxyl groups is 1. The number of nitro groups is 1. The third kappa shape index (κ3) is 5.23. The molecule has 0 aromatic rings. The van der Waals surface area contributed by atoms with Crippen molar-refractivity contribution in [2.75, 3.05) is 13.2 Å². The fourth-order valence-electron chi connectivity index (χ4n) is 0.566. The van der Waals surface area contributed by atoms with Gasteiger partial charge in [-0.05, 0) is 6.42 Å². The van der Waals surface area contributed by atoms with E-state index in [-0.39, 0.29) is 24.0 Å². The number of rotatable bonds is 4. The first-order valence-electron chi connectivity index (χ1n) is 2.89. The molecule has 4 nitrogen and oxygen atoms in total. The van der Waals surface area contributed by atoms with Gasteiger partial charge in [-0.25, -0.2) is 0 Å². The summed E-state index contributed by atoms with van der Waals surface area (Å²) in [7, 11) is 0. The Labute approximate surface area is 53.6 Å². The Morgan fingerprint density at radius 1 is 1.78 bits per heavy atom. The fraction of sp³-hybridized carbons (Fsp3) is 1.00. The molecule has 0 amide bonds. The van der Waals surface area contributed by atoms with Crippen LogP contribution in [-0.2, 0) is 0 Å². The van der Waals surface area contributed by atoms with E-state index < -0.39 is 0 Å². The number of hydrogen-bond donors (Lipinski definition) is 1. The van der Waals surface area contributed by atoms with Gasteiger partial charge in [0.1, 0.15) is 0 Å². The third-order valence-electron chi connectivity index (χ3n) is 1.08. The Morgan fingerprint density at radius 3 is 2.67 bits per heavy atom. The number of aliphatic hydroxyl groups excluding tert-OH is 1. The highest BCUT2D eigenvalue weighted by Gasteiger charge is 2.06. The molecule has 0 saturated carbocycles. The van der Waals surface area contributed by atoms with Crippen LogP contribution in [0.3, 0.4) is 0 Å². The second-order valence-electron chi connectivity index (χ2n) is 2.13. The van der Waals surface area contributed by atoms with Gasteiger partial charge in [-0.2, -0.15) is 0 Å². The lowest BCUT2D eigenvalue weighted by Gasteiger charge is -2.01. The van der Waals surface area contributed by atoms with E-state index >= 15 is 0 Å². The maximum absolute atomic E-state index is 9.81. The van der Waals surface area contributed by atoms with Gasteiger partial charge >= 0.3 is 0 Å². The first-order valence-corrected chi connectivity index (χ1v) is 2.89. The minimum Gasteiger partial charge on any atom is -0.396 e. The molecule has 9 heavy (non-hydrogen) atoms. The molecule has 0 aromatic carbocycles. The largest absolute Gasteiger partial charge is 0.396 e. The van der Waals surface area contributed by atoms with Gasteiger partial charge in [0.15, 0.2) is 0 Å². The van der Waals surface area contributed by atoms with E-state index in [1.165, 1.54) is 0 Å². The molecule has 1 unspecified atom stereocenters. The minimum absolute atomic E-state index is 0.00926. The van der Waals surface area contributed by atoms with Gasteiger partial charge in [-0.1, -0.05) is 6.92 Å². The predicted molar refractivity (Wildman–Crippen MR) is 32.7 cm³/mol. The molecule has 1 atom stereocenters. The molecule has 0 heterocycles. The van der Waals surface area contributed by atoms with Crippen molar-refractivity contribution in [2.45, 2.75) is 13.3 Å². The summed E-state index contributed by atoms with van der Waals surface area (Å²) in [5.41, 5.74) is 0. The van der Waals surface area contributed by atoms with Gasteiger partial charge in [0, 0.05) is 17.4 Å². The van der Waals surface area contributed by atoms with Crippen LogP contribution in [0.15, 0.2) is 0 Å². The topological polar surface area (TPSA) is 63.4 Å². The summed E-state index contributed by atoms with van der Waals surface area (Å²) in [6.45, 7) is 1.74. The molecule has 4 heteroatoms. The van der Waals surface area contributed by atoms with Crippen LogP contribution in [0.25, 0.3) is 0 Å². The summed E-state index contributed by atoms with van der Waals surface area (Å²) in [6, 6.07) is 0. The van der Waals surface area contributed by atoms with E-state index in [1.807, 2.05) is 0 Å².